The second-order valence-corrected chi connectivity index (χ2v) is 10.5. The minimum atomic E-state index is 0.0779. The topological polar surface area (TPSA) is 19.0 Å². The second kappa shape index (κ2) is 7.99. The van der Waals surface area contributed by atoms with Gasteiger partial charge >= 0.3 is 0 Å². The van der Waals surface area contributed by atoms with E-state index in [9.17, 15) is 0 Å². The number of H-pyrrole nitrogens is 1. The Balaban J connectivity index is 1.32. The van der Waals surface area contributed by atoms with Crippen molar-refractivity contribution in [3.8, 4) is 22.4 Å². The molecule has 3 aliphatic rings. The molecule has 3 aromatic carbocycles. The summed E-state index contributed by atoms with van der Waals surface area (Å²) in [6.45, 7) is 4.88. The summed E-state index contributed by atoms with van der Waals surface area (Å²) in [4.78, 5) is 5.95. The molecule has 2 nitrogen and oxygen atoms in total. The van der Waals surface area contributed by atoms with Crippen molar-refractivity contribution in [2.75, 3.05) is 0 Å². The Morgan fingerprint density at radius 1 is 0.833 bits per heavy atom. The van der Waals surface area contributed by atoms with Crippen LogP contribution in [0.15, 0.2) is 121 Å². The van der Waals surface area contributed by atoms with Gasteiger partial charge in [0, 0.05) is 40.7 Å². The number of fused-ring (bicyclic) bond motifs is 3. The van der Waals surface area contributed by atoms with Crippen molar-refractivity contribution in [3.05, 3.63) is 138 Å². The fraction of sp³-hybridized carbons (Fsp3) is 0.176. The van der Waals surface area contributed by atoms with Crippen LogP contribution >= 0.6 is 0 Å². The maximum Gasteiger partial charge on any atom is 0.0775 e. The van der Waals surface area contributed by atoms with Crippen LogP contribution in [0.5, 0.6) is 0 Å². The summed E-state index contributed by atoms with van der Waals surface area (Å²) in [7, 11) is 0. The lowest BCUT2D eigenvalue weighted by Crippen LogP contribution is -2.29. The molecule has 176 valence electrons. The molecular formula is C34H30N2. The van der Waals surface area contributed by atoms with Gasteiger partial charge in [-0.25, -0.2) is 0 Å². The predicted molar refractivity (Wildman–Crippen MR) is 149 cm³/mol. The van der Waals surface area contributed by atoms with Crippen LogP contribution in [-0.2, 0) is 5.41 Å². The Bertz CT molecular complexity index is 1520. The highest BCUT2D eigenvalue weighted by atomic mass is 15.2. The first-order chi connectivity index (χ1) is 17.7. The molecule has 4 unspecified atom stereocenters. The number of hydrogen-bond acceptors (Lipinski definition) is 1. The summed E-state index contributed by atoms with van der Waals surface area (Å²) in [5.41, 5.74) is 10.7. The number of hydrogen-bond donors (Lipinski definition) is 1. The maximum atomic E-state index is 3.43. The molecule has 36 heavy (non-hydrogen) atoms. The highest BCUT2D eigenvalue weighted by Crippen LogP contribution is 2.66. The zero-order valence-electron chi connectivity index (χ0n) is 20.7. The number of aromatic amines is 1. The Kier molecular flexibility index (Phi) is 4.72. The molecule has 1 N–H and O–H groups in total. The molecule has 1 aliphatic carbocycles. The third-order valence-corrected chi connectivity index (χ3v) is 8.76. The largest absolute Gasteiger partial charge is 0.361 e. The van der Waals surface area contributed by atoms with Gasteiger partial charge in [-0.3, -0.25) is 0 Å². The quantitative estimate of drug-likeness (QED) is 0.320. The number of rotatable bonds is 4. The number of benzene rings is 3. The van der Waals surface area contributed by atoms with Crippen LogP contribution < -0.4 is 0 Å². The number of nitrogens with one attached hydrogen (secondary N) is 1. The SMILES string of the molecule is CC1C(C2=Cc3ccc(-c4ccccc4)cc3C3C=CC=CN23)C1(C)c1ccccc1-c1ccc[nH]1. The highest BCUT2D eigenvalue weighted by Gasteiger charge is 2.62. The van der Waals surface area contributed by atoms with Crippen molar-refractivity contribution < 1.29 is 0 Å². The van der Waals surface area contributed by atoms with Crippen LogP contribution in [0.4, 0.5) is 0 Å². The molecule has 2 heteroatoms. The van der Waals surface area contributed by atoms with Gasteiger partial charge < -0.3 is 9.88 Å². The van der Waals surface area contributed by atoms with E-state index in [4.69, 9.17) is 0 Å². The van der Waals surface area contributed by atoms with Gasteiger partial charge in [0.2, 0.25) is 0 Å². The molecule has 3 heterocycles. The van der Waals surface area contributed by atoms with Crippen LogP contribution in [0.3, 0.4) is 0 Å². The predicted octanol–water partition coefficient (Wildman–Crippen LogP) is 8.35. The highest BCUT2D eigenvalue weighted by molar-refractivity contribution is 5.73. The van der Waals surface area contributed by atoms with Crippen molar-refractivity contribution in [1.82, 2.24) is 9.88 Å². The third kappa shape index (κ3) is 3.10. The first-order valence-electron chi connectivity index (χ1n) is 12.9. The minimum Gasteiger partial charge on any atom is -0.361 e. The van der Waals surface area contributed by atoms with Crippen molar-refractivity contribution in [2.24, 2.45) is 11.8 Å². The maximum absolute atomic E-state index is 3.43. The van der Waals surface area contributed by atoms with Gasteiger partial charge in [0.05, 0.1) is 6.04 Å². The summed E-state index contributed by atoms with van der Waals surface area (Å²) in [6.07, 6.45) is 13.5. The van der Waals surface area contributed by atoms with Gasteiger partial charge in [-0.1, -0.05) is 92.7 Å². The Hall–Kier alpha value is -4.04. The fourth-order valence-electron chi connectivity index (χ4n) is 6.64. The molecule has 0 amide bonds. The standard InChI is InChI=1S/C34H30N2/c1-23-33(34(23,2)29-14-7-6-13-27(29)30-15-10-19-35-30)32-22-26-18-17-25(24-11-4-3-5-12-24)21-28(26)31-16-8-9-20-36(31)32/h3-23,31,33,35H,1-2H3. The van der Waals surface area contributed by atoms with E-state index >= 15 is 0 Å². The monoisotopic (exact) mass is 466 g/mol. The molecular weight excluding hydrogens is 436 g/mol. The summed E-state index contributed by atoms with van der Waals surface area (Å²) in [5, 5.41) is 0. The molecule has 4 aromatic rings. The lowest BCUT2D eigenvalue weighted by Gasteiger charge is -2.38. The van der Waals surface area contributed by atoms with Gasteiger partial charge in [0.1, 0.15) is 0 Å². The van der Waals surface area contributed by atoms with Crippen LogP contribution in [0.25, 0.3) is 28.5 Å². The van der Waals surface area contributed by atoms with Gasteiger partial charge in [-0.2, -0.15) is 0 Å². The zero-order chi connectivity index (χ0) is 24.3. The van der Waals surface area contributed by atoms with E-state index in [-0.39, 0.29) is 11.5 Å². The zero-order valence-corrected chi connectivity index (χ0v) is 20.7. The summed E-state index contributed by atoms with van der Waals surface area (Å²) in [5.74, 6) is 0.999. The van der Waals surface area contributed by atoms with E-state index in [1.807, 2.05) is 6.20 Å². The third-order valence-electron chi connectivity index (χ3n) is 8.76. The first kappa shape index (κ1) is 21.3. The normalized spacial score (nSPS) is 25.8. The van der Waals surface area contributed by atoms with E-state index in [0.29, 0.717) is 11.8 Å². The van der Waals surface area contributed by atoms with E-state index < -0.39 is 0 Å². The molecule has 1 aromatic heterocycles. The number of allylic oxidation sites excluding steroid dienone is 3. The summed E-state index contributed by atoms with van der Waals surface area (Å²) in [6, 6.07) is 31.1. The first-order valence-corrected chi connectivity index (χ1v) is 12.9. The van der Waals surface area contributed by atoms with Crippen LogP contribution in [0.2, 0.25) is 0 Å². The van der Waals surface area contributed by atoms with Crippen LogP contribution in [0, 0.1) is 11.8 Å². The second-order valence-electron chi connectivity index (χ2n) is 10.5. The van der Waals surface area contributed by atoms with E-state index in [0.717, 1.165) is 0 Å². The van der Waals surface area contributed by atoms with Gasteiger partial charge in [0.15, 0.2) is 0 Å². The van der Waals surface area contributed by atoms with E-state index in [1.54, 1.807) is 0 Å². The smallest absolute Gasteiger partial charge is 0.0775 e. The lowest BCUT2D eigenvalue weighted by molar-refractivity contribution is 0.365. The van der Waals surface area contributed by atoms with Crippen molar-refractivity contribution in [3.63, 3.8) is 0 Å². The van der Waals surface area contributed by atoms with Gasteiger partial charge in [-0.15, -0.1) is 0 Å². The van der Waals surface area contributed by atoms with Gasteiger partial charge in [-0.05, 0) is 64.1 Å². The Morgan fingerprint density at radius 3 is 2.50 bits per heavy atom. The Labute approximate surface area is 213 Å². The molecule has 1 fully saturated rings. The van der Waals surface area contributed by atoms with Gasteiger partial charge in [0.25, 0.3) is 0 Å². The summed E-state index contributed by atoms with van der Waals surface area (Å²) < 4.78 is 0. The van der Waals surface area contributed by atoms with Crippen molar-refractivity contribution >= 4 is 6.08 Å². The molecule has 2 aliphatic heterocycles. The fourth-order valence-corrected chi connectivity index (χ4v) is 6.64. The van der Waals surface area contributed by atoms with Crippen molar-refractivity contribution in [1.29, 1.82) is 0 Å². The van der Waals surface area contributed by atoms with Crippen molar-refractivity contribution in [2.45, 2.75) is 25.3 Å². The van der Waals surface area contributed by atoms with E-state index in [2.05, 4.69) is 139 Å². The average Bonchev–Trinajstić information content (AvgIpc) is 3.26. The molecule has 0 radical (unpaired) electrons. The lowest BCUT2D eigenvalue weighted by atomic mass is 9.85. The van der Waals surface area contributed by atoms with Crippen LogP contribution in [-0.4, -0.2) is 9.88 Å². The number of aromatic nitrogens is 1. The molecule has 0 saturated heterocycles. The molecule has 1 saturated carbocycles. The molecule has 0 bridgehead atoms. The van der Waals surface area contributed by atoms with E-state index in [1.165, 1.54) is 44.8 Å². The minimum absolute atomic E-state index is 0.0779. The molecule has 7 rings (SSSR count). The molecule has 0 spiro atoms. The Morgan fingerprint density at radius 2 is 1.67 bits per heavy atom. The number of nitrogens with zero attached hydrogens (tertiary/aromatic N) is 1. The summed E-state index contributed by atoms with van der Waals surface area (Å²) >= 11 is 0. The van der Waals surface area contributed by atoms with Crippen LogP contribution in [0.1, 0.15) is 36.6 Å². The molecule has 4 atom stereocenters. The average molecular weight is 467 g/mol.